The molecule has 2 nitrogen and oxygen atoms in total. The van der Waals surface area contributed by atoms with E-state index in [9.17, 15) is 0 Å². The minimum absolute atomic E-state index is 0.0429. The van der Waals surface area contributed by atoms with E-state index in [4.69, 9.17) is 9.47 Å². The van der Waals surface area contributed by atoms with Crippen LogP contribution >= 0.6 is 0 Å². The van der Waals surface area contributed by atoms with E-state index in [1.807, 2.05) is 6.92 Å². The van der Waals surface area contributed by atoms with Crippen LogP contribution in [0.1, 0.15) is 13.3 Å². The van der Waals surface area contributed by atoms with Gasteiger partial charge >= 0.3 is 0 Å². The number of allylic oxidation sites excluding steroid dienone is 3. The lowest BCUT2D eigenvalue weighted by Crippen LogP contribution is -2.20. The van der Waals surface area contributed by atoms with Gasteiger partial charge in [-0.05, 0) is 13.3 Å². The van der Waals surface area contributed by atoms with Gasteiger partial charge in [-0.1, -0.05) is 24.1 Å². The Hall–Kier alpha value is -1.04. The first-order chi connectivity index (χ1) is 6.90. The van der Waals surface area contributed by atoms with Gasteiger partial charge in [-0.25, -0.2) is 0 Å². The van der Waals surface area contributed by atoms with Crippen LogP contribution in [0.5, 0.6) is 0 Å². The largest absolute Gasteiger partial charge is 0.350 e. The summed E-state index contributed by atoms with van der Waals surface area (Å²) >= 11 is 0. The highest BCUT2D eigenvalue weighted by Crippen LogP contribution is 2.24. The van der Waals surface area contributed by atoms with E-state index in [0.29, 0.717) is 5.92 Å². The lowest BCUT2D eigenvalue weighted by atomic mass is 9.96. The molecule has 0 amide bonds. The molecule has 14 heavy (non-hydrogen) atoms. The number of rotatable bonds is 1. The Morgan fingerprint density at radius 1 is 1.36 bits per heavy atom. The van der Waals surface area contributed by atoms with Crippen LogP contribution in [0.3, 0.4) is 0 Å². The summed E-state index contributed by atoms with van der Waals surface area (Å²) in [5.74, 6) is 6.29. The summed E-state index contributed by atoms with van der Waals surface area (Å²) < 4.78 is 10.9. The molecule has 0 bridgehead atoms. The predicted molar refractivity (Wildman–Crippen MR) is 54.5 cm³/mol. The van der Waals surface area contributed by atoms with Gasteiger partial charge in [-0.2, -0.15) is 0 Å². The molecule has 0 aromatic rings. The van der Waals surface area contributed by atoms with Gasteiger partial charge in [-0.15, -0.1) is 5.92 Å². The van der Waals surface area contributed by atoms with Crippen LogP contribution < -0.4 is 0 Å². The molecule has 0 aromatic heterocycles. The summed E-state index contributed by atoms with van der Waals surface area (Å²) in [5.41, 5.74) is 1.10. The van der Waals surface area contributed by atoms with Gasteiger partial charge in [0.05, 0.1) is 13.2 Å². The fraction of sp³-hybridized carbons (Fsp3) is 0.500. The van der Waals surface area contributed by atoms with Crippen LogP contribution in [0.15, 0.2) is 23.8 Å². The van der Waals surface area contributed by atoms with Gasteiger partial charge in [0.25, 0.3) is 0 Å². The van der Waals surface area contributed by atoms with E-state index in [-0.39, 0.29) is 6.29 Å². The SMILES string of the molecule is CC#CC1=CCC(C2OCCO2)C=C1. The second-order valence-electron chi connectivity index (χ2n) is 3.40. The summed E-state index contributed by atoms with van der Waals surface area (Å²) in [5, 5.41) is 0. The first-order valence-corrected chi connectivity index (χ1v) is 4.94. The van der Waals surface area contributed by atoms with Crippen LogP contribution in [0.2, 0.25) is 0 Å². The van der Waals surface area contributed by atoms with Crippen molar-refractivity contribution in [2.24, 2.45) is 5.92 Å². The second kappa shape index (κ2) is 4.45. The standard InChI is InChI=1S/C12H14O2/c1-2-3-10-4-6-11(7-5-10)12-13-8-9-14-12/h4-6,11-12H,7-9H2,1H3. The summed E-state index contributed by atoms with van der Waals surface area (Å²) in [4.78, 5) is 0. The van der Waals surface area contributed by atoms with Crippen molar-refractivity contribution in [1.29, 1.82) is 0 Å². The molecule has 2 heteroatoms. The predicted octanol–water partition coefficient (Wildman–Crippen LogP) is 1.89. The molecule has 1 saturated heterocycles. The maximum Gasteiger partial charge on any atom is 0.164 e. The van der Waals surface area contributed by atoms with E-state index in [1.54, 1.807) is 0 Å². The van der Waals surface area contributed by atoms with Crippen LogP contribution in [-0.2, 0) is 9.47 Å². The Morgan fingerprint density at radius 3 is 2.71 bits per heavy atom. The minimum Gasteiger partial charge on any atom is -0.350 e. The average molecular weight is 190 g/mol. The summed E-state index contributed by atoms with van der Waals surface area (Å²) in [6.07, 6.45) is 7.25. The van der Waals surface area contributed by atoms with E-state index in [1.165, 1.54) is 0 Å². The molecule has 0 N–H and O–H groups in total. The maximum atomic E-state index is 5.45. The van der Waals surface area contributed by atoms with Crippen molar-refractivity contribution >= 4 is 0 Å². The van der Waals surface area contributed by atoms with Crippen molar-refractivity contribution < 1.29 is 9.47 Å². The van der Waals surface area contributed by atoms with E-state index in [0.717, 1.165) is 25.2 Å². The zero-order valence-corrected chi connectivity index (χ0v) is 8.32. The summed E-state index contributed by atoms with van der Waals surface area (Å²) in [6.45, 7) is 3.30. The minimum atomic E-state index is -0.0429. The highest BCUT2D eigenvalue weighted by atomic mass is 16.7. The lowest BCUT2D eigenvalue weighted by Gasteiger charge is -2.19. The molecule has 0 spiro atoms. The zero-order valence-electron chi connectivity index (χ0n) is 8.32. The second-order valence-corrected chi connectivity index (χ2v) is 3.40. The molecular formula is C12H14O2. The van der Waals surface area contributed by atoms with Gasteiger partial charge in [0.2, 0.25) is 0 Å². The maximum absolute atomic E-state index is 5.45. The van der Waals surface area contributed by atoms with Gasteiger partial charge in [0.1, 0.15) is 0 Å². The van der Waals surface area contributed by atoms with Crippen LogP contribution in [0.25, 0.3) is 0 Å². The van der Waals surface area contributed by atoms with Crippen LogP contribution in [0, 0.1) is 17.8 Å². The molecule has 1 fully saturated rings. The molecule has 74 valence electrons. The molecule has 2 aliphatic rings. The topological polar surface area (TPSA) is 18.5 Å². The average Bonchev–Trinajstić information content (AvgIpc) is 2.72. The van der Waals surface area contributed by atoms with E-state index >= 15 is 0 Å². The Labute approximate surface area is 84.6 Å². The van der Waals surface area contributed by atoms with Crippen molar-refractivity contribution in [2.75, 3.05) is 13.2 Å². The fourth-order valence-corrected chi connectivity index (χ4v) is 1.70. The quantitative estimate of drug-likeness (QED) is 0.588. The number of ether oxygens (including phenoxy) is 2. The first-order valence-electron chi connectivity index (χ1n) is 4.94. The Balaban J connectivity index is 1.95. The Morgan fingerprint density at radius 2 is 2.14 bits per heavy atom. The molecular weight excluding hydrogens is 176 g/mol. The summed E-state index contributed by atoms with van der Waals surface area (Å²) in [6, 6.07) is 0. The third kappa shape index (κ3) is 2.06. The number of hydrogen-bond donors (Lipinski definition) is 0. The molecule has 1 aliphatic carbocycles. The third-order valence-electron chi connectivity index (χ3n) is 2.40. The number of hydrogen-bond acceptors (Lipinski definition) is 2. The van der Waals surface area contributed by atoms with Crippen LogP contribution in [-0.4, -0.2) is 19.5 Å². The van der Waals surface area contributed by atoms with Crippen molar-refractivity contribution in [3.8, 4) is 11.8 Å². The lowest BCUT2D eigenvalue weighted by molar-refractivity contribution is -0.0697. The molecule has 0 saturated carbocycles. The highest BCUT2D eigenvalue weighted by Gasteiger charge is 2.25. The van der Waals surface area contributed by atoms with E-state index in [2.05, 4.69) is 30.1 Å². The van der Waals surface area contributed by atoms with Gasteiger partial charge in [0.15, 0.2) is 6.29 Å². The normalized spacial score (nSPS) is 26.9. The fourth-order valence-electron chi connectivity index (χ4n) is 1.70. The molecule has 1 aliphatic heterocycles. The highest BCUT2D eigenvalue weighted by molar-refractivity contribution is 5.40. The van der Waals surface area contributed by atoms with Crippen molar-refractivity contribution in [3.63, 3.8) is 0 Å². The van der Waals surface area contributed by atoms with Crippen LogP contribution in [0.4, 0.5) is 0 Å². The molecule has 0 radical (unpaired) electrons. The first kappa shape index (κ1) is 9.51. The van der Waals surface area contributed by atoms with E-state index < -0.39 is 0 Å². The molecule has 2 rings (SSSR count). The van der Waals surface area contributed by atoms with Crippen molar-refractivity contribution in [1.82, 2.24) is 0 Å². The smallest absolute Gasteiger partial charge is 0.164 e. The molecule has 0 aromatic carbocycles. The van der Waals surface area contributed by atoms with Gasteiger partial charge in [-0.3, -0.25) is 0 Å². The van der Waals surface area contributed by atoms with Crippen molar-refractivity contribution in [2.45, 2.75) is 19.6 Å². The van der Waals surface area contributed by atoms with Gasteiger partial charge < -0.3 is 9.47 Å². The summed E-state index contributed by atoms with van der Waals surface area (Å²) in [7, 11) is 0. The zero-order chi connectivity index (χ0) is 9.80. The molecule has 1 heterocycles. The Kier molecular flexibility index (Phi) is 3.03. The monoisotopic (exact) mass is 190 g/mol. The molecule has 1 unspecified atom stereocenters. The Bertz CT molecular complexity index is 311. The third-order valence-corrected chi connectivity index (χ3v) is 2.40. The van der Waals surface area contributed by atoms with Crippen molar-refractivity contribution in [3.05, 3.63) is 23.8 Å². The molecule has 1 atom stereocenters. The van der Waals surface area contributed by atoms with Gasteiger partial charge in [0, 0.05) is 11.5 Å².